The van der Waals surface area contributed by atoms with Crippen LogP contribution < -0.4 is 10.1 Å². The monoisotopic (exact) mass is 269 g/mol. The van der Waals surface area contributed by atoms with E-state index in [1.165, 1.54) is 16.7 Å². The van der Waals surface area contributed by atoms with Gasteiger partial charge in [0, 0.05) is 13.1 Å². The van der Waals surface area contributed by atoms with Crippen LogP contribution in [0.15, 0.2) is 48.5 Å². The summed E-state index contributed by atoms with van der Waals surface area (Å²) in [5, 5.41) is 3.46. The fourth-order valence-electron chi connectivity index (χ4n) is 2.11. The van der Waals surface area contributed by atoms with Crippen molar-refractivity contribution in [1.82, 2.24) is 5.32 Å². The molecule has 106 valence electrons. The summed E-state index contributed by atoms with van der Waals surface area (Å²) in [4.78, 5) is 0. The Morgan fingerprint density at radius 3 is 1.80 bits per heavy atom. The Hall–Kier alpha value is -1.80. The first-order valence-corrected chi connectivity index (χ1v) is 7.11. The molecule has 0 aliphatic rings. The normalized spacial score (nSPS) is 10.8. The van der Waals surface area contributed by atoms with Gasteiger partial charge in [0.2, 0.25) is 0 Å². The molecule has 0 aromatic heterocycles. The Morgan fingerprint density at radius 1 is 0.850 bits per heavy atom. The van der Waals surface area contributed by atoms with Crippen LogP contribution in [-0.4, -0.2) is 7.11 Å². The number of rotatable bonds is 6. The van der Waals surface area contributed by atoms with Gasteiger partial charge in [-0.1, -0.05) is 50.2 Å². The number of hydrogen-bond donors (Lipinski definition) is 1. The van der Waals surface area contributed by atoms with E-state index in [9.17, 15) is 0 Å². The van der Waals surface area contributed by atoms with Gasteiger partial charge in [0.25, 0.3) is 0 Å². The Balaban J connectivity index is 1.82. The topological polar surface area (TPSA) is 21.3 Å². The van der Waals surface area contributed by atoms with Gasteiger partial charge in [-0.05, 0) is 34.7 Å². The predicted octanol–water partition coefficient (Wildman–Crippen LogP) is 4.11. The molecule has 0 aliphatic heterocycles. The molecule has 0 amide bonds. The van der Waals surface area contributed by atoms with Crippen LogP contribution in [0.2, 0.25) is 0 Å². The highest BCUT2D eigenvalue weighted by Gasteiger charge is 1.99. The first-order valence-electron chi connectivity index (χ1n) is 7.11. The lowest BCUT2D eigenvalue weighted by molar-refractivity contribution is 0.414. The van der Waals surface area contributed by atoms with Crippen molar-refractivity contribution in [1.29, 1.82) is 0 Å². The molecule has 0 unspecified atom stereocenters. The summed E-state index contributed by atoms with van der Waals surface area (Å²) in [6.45, 7) is 6.20. The van der Waals surface area contributed by atoms with Crippen molar-refractivity contribution >= 4 is 0 Å². The zero-order valence-corrected chi connectivity index (χ0v) is 12.5. The molecule has 2 rings (SSSR count). The van der Waals surface area contributed by atoms with Crippen molar-refractivity contribution < 1.29 is 4.74 Å². The summed E-state index contributed by atoms with van der Waals surface area (Å²) in [7, 11) is 1.69. The van der Waals surface area contributed by atoms with Crippen molar-refractivity contribution in [2.24, 2.45) is 0 Å². The first kappa shape index (κ1) is 14.6. The minimum Gasteiger partial charge on any atom is -0.497 e. The highest BCUT2D eigenvalue weighted by atomic mass is 16.5. The van der Waals surface area contributed by atoms with E-state index in [1.807, 2.05) is 12.1 Å². The second-order valence-corrected chi connectivity index (χ2v) is 5.35. The summed E-state index contributed by atoms with van der Waals surface area (Å²) in [6, 6.07) is 17.0. The van der Waals surface area contributed by atoms with E-state index < -0.39 is 0 Å². The predicted molar refractivity (Wildman–Crippen MR) is 84.1 cm³/mol. The van der Waals surface area contributed by atoms with Gasteiger partial charge in [-0.2, -0.15) is 0 Å². The zero-order valence-electron chi connectivity index (χ0n) is 12.5. The third-order valence-corrected chi connectivity index (χ3v) is 3.46. The van der Waals surface area contributed by atoms with Crippen LogP contribution in [0.1, 0.15) is 36.5 Å². The van der Waals surface area contributed by atoms with Gasteiger partial charge in [-0.3, -0.25) is 0 Å². The van der Waals surface area contributed by atoms with E-state index in [2.05, 4.69) is 55.6 Å². The molecular formula is C18H23NO. The average molecular weight is 269 g/mol. The minimum atomic E-state index is 0.594. The van der Waals surface area contributed by atoms with Crippen molar-refractivity contribution in [2.75, 3.05) is 7.11 Å². The van der Waals surface area contributed by atoms with E-state index >= 15 is 0 Å². The Kier molecular flexibility index (Phi) is 5.19. The highest BCUT2D eigenvalue weighted by molar-refractivity contribution is 5.27. The molecule has 0 spiro atoms. The van der Waals surface area contributed by atoms with Crippen LogP contribution in [0.3, 0.4) is 0 Å². The van der Waals surface area contributed by atoms with Crippen LogP contribution in [0.5, 0.6) is 5.75 Å². The van der Waals surface area contributed by atoms with Crippen molar-refractivity contribution in [2.45, 2.75) is 32.9 Å². The molecule has 0 bridgehead atoms. The molecule has 2 heteroatoms. The molecule has 0 saturated carbocycles. The molecule has 2 aromatic carbocycles. The van der Waals surface area contributed by atoms with Crippen LogP contribution in [0.4, 0.5) is 0 Å². The maximum absolute atomic E-state index is 5.15. The van der Waals surface area contributed by atoms with Gasteiger partial charge in [0.15, 0.2) is 0 Å². The number of hydrogen-bond acceptors (Lipinski definition) is 2. The first-order chi connectivity index (χ1) is 9.69. The average Bonchev–Trinajstić information content (AvgIpc) is 2.48. The van der Waals surface area contributed by atoms with Gasteiger partial charge in [0.05, 0.1) is 7.11 Å². The lowest BCUT2D eigenvalue weighted by Gasteiger charge is -2.08. The second kappa shape index (κ2) is 7.11. The van der Waals surface area contributed by atoms with E-state index in [-0.39, 0.29) is 0 Å². The SMILES string of the molecule is COc1ccc(CNCc2ccc(C(C)C)cc2)cc1. The van der Waals surface area contributed by atoms with Crippen LogP contribution >= 0.6 is 0 Å². The molecule has 2 nitrogen and oxygen atoms in total. The van der Waals surface area contributed by atoms with Crippen LogP contribution in [0, 0.1) is 0 Å². The van der Waals surface area contributed by atoms with E-state index in [0.29, 0.717) is 5.92 Å². The number of nitrogens with one attached hydrogen (secondary N) is 1. The quantitative estimate of drug-likeness (QED) is 0.852. The van der Waals surface area contributed by atoms with Gasteiger partial charge in [-0.15, -0.1) is 0 Å². The van der Waals surface area contributed by atoms with E-state index in [1.54, 1.807) is 7.11 Å². The molecule has 2 aromatic rings. The summed E-state index contributed by atoms with van der Waals surface area (Å²) >= 11 is 0. The highest BCUT2D eigenvalue weighted by Crippen LogP contribution is 2.15. The molecule has 0 heterocycles. The molecule has 0 saturated heterocycles. The Morgan fingerprint density at radius 2 is 1.35 bits per heavy atom. The molecule has 1 N–H and O–H groups in total. The van der Waals surface area contributed by atoms with E-state index in [0.717, 1.165) is 18.8 Å². The van der Waals surface area contributed by atoms with Crippen molar-refractivity contribution in [3.8, 4) is 5.75 Å². The Bertz CT molecular complexity index is 514. The summed E-state index contributed by atoms with van der Waals surface area (Å²) in [5.41, 5.74) is 3.98. The molecule has 0 aliphatic carbocycles. The largest absolute Gasteiger partial charge is 0.497 e. The lowest BCUT2D eigenvalue weighted by atomic mass is 10.0. The minimum absolute atomic E-state index is 0.594. The Labute approximate surface area is 121 Å². The van der Waals surface area contributed by atoms with Gasteiger partial charge < -0.3 is 10.1 Å². The van der Waals surface area contributed by atoms with Crippen molar-refractivity contribution in [3.63, 3.8) is 0 Å². The maximum atomic E-state index is 5.15. The third kappa shape index (κ3) is 4.10. The second-order valence-electron chi connectivity index (χ2n) is 5.35. The molecular weight excluding hydrogens is 246 g/mol. The van der Waals surface area contributed by atoms with Gasteiger partial charge in [-0.25, -0.2) is 0 Å². The molecule has 0 fully saturated rings. The number of benzene rings is 2. The zero-order chi connectivity index (χ0) is 14.4. The van der Waals surface area contributed by atoms with Gasteiger partial charge in [0.1, 0.15) is 5.75 Å². The van der Waals surface area contributed by atoms with E-state index in [4.69, 9.17) is 4.74 Å². The third-order valence-electron chi connectivity index (χ3n) is 3.46. The van der Waals surface area contributed by atoms with Crippen molar-refractivity contribution in [3.05, 3.63) is 65.2 Å². The van der Waals surface area contributed by atoms with Gasteiger partial charge >= 0.3 is 0 Å². The summed E-state index contributed by atoms with van der Waals surface area (Å²) in [5.74, 6) is 1.49. The number of methoxy groups -OCH3 is 1. The smallest absolute Gasteiger partial charge is 0.118 e. The molecule has 20 heavy (non-hydrogen) atoms. The number of ether oxygens (including phenoxy) is 1. The molecule has 0 atom stereocenters. The maximum Gasteiger partial charge on any atom is 0.118 e. The standard InChI is InChI=1S/C18H23NO/c1-14(2)17-8-4-15(5-9-17)12-19-13-16-6-10-18(20-3)11-7-16/h4-11,14,19H,12-13H2,1-3H3. The van der Waals surface area contributed by atoms with Crippen LogP contribution in [-0.2, 0) is 13.1 Å². The lowest BCUT2D eigenvalue weighted by Crippen LogP contribution is -2.12. The fraction of sp³-hybridized carbons (Fsp3) is 0.333. The summed E-state index contributed by atoms with van der Waals surface area (Å²) in [6.07, 6.45) is 0. The molecule has 0 radical (unpaired) electrons. The fourth-order valence-corrected chi connectivity index (χ4v) is 2.11. The van der Waals surface area contributed by atoms with Crippen LogP contribution in [0.25, 0.3) is 0 Å². The summed E-state index contributed by atoms with van der Waals surface area (Å²) < 4.78 is 5.15.